The number of rotatable bonds is 3. The zero-order valence-corrected chi connectivity index (χ0v) is 13.3. The molecule has 0 heterocycles. The van der Waals surface area contributed by atoms with E-state index in [2.05, 4.69) is 43.8 Å². The van der Waals surface area contributed by atoms with Gasteiger partial charge in [-0.2, -0.15) is 0 Å². The quantitative estimate of drug-likeness (QED) is 0.615. The van der Waals surface area contributed by atoms with Crippen molar-refractivity contribution in [3.63, 3.8) is 0 Å². The Morgan fingerprint density at radius 3 is 2.62 bits per heavy atom. The first kappa shape index (κ1) is 14.0. The number of benzene rings is 1. The van der Waals surface area contributed by atoms with Crippen LogP contribution in [0, 0.1) is 3.57 Å². The summed E-state index contributed by atoms with van der Waals surface area (Å²) in [6.07, 6.45) is 0. The van der Waals surface area contributed by atoms with E-state index in [1.165, 1.54) is 0 Å². The number of hydrogen-bond acceptors (Lipinski definition) is 1. The molecule has 1 amide bonds. The number of amides is 1. The van der Waals surface area contributed by atoms with E-state index < -0.39 is 0 Å². The minimum Gasteiger partial charge on any atom is -0.346 e. The first-order valence-corrected chi connectivity index (χ1v) is 7.04. The van der Waals surface area contributed by atoms with Crippen LogP contribution in [0.25, 0.3) is 0 Å². The van der Waals surface area contributed by atoms with Crippen molar-refractivity contribution in [2.75, 3.05) is 0 Å². The van der Waals surface area contributed by atoms with E-state index in [1.807, 2.05) is 45.0 Å². The second-order valence-corrected chi connectivity index (χ2v) is 6.92. The highest BCUT2D eigenvalue weighted by molar-refractivity contribution is 14.1. The van der Waals surface area contributed by atoms with Gasteiger partial charge < -0.3 is 5.32 Å². The summed E-state index contributed by atoms with van der Waals surface area (Å²) in [5.74, 6) is -0.0326. The zero-order chi connectivity index (χ0) is 12.3. The Labute approximate surface area is 118 Å². The summed E-state index contributed by atoms with van der Waals surface area (Å²) in [4.78, 5) is 12.2. The summed E-state index contributed by atoms with van der Waals surface area (Å²) >= 11 is 5.70. The lowest BCUT2D eigenvalue weighted by Crippen LogP contribution is -2.48. The molecule has 1 unspecified atom stereocenters. The Morgan fingerprint density at radius 1 is 1.50 bits per heavy atom. The lowest BCUT2D eigenvalue weighted by molar-refractivity contribution is 0.0914. The molecule has 0 saturated heterocycles. The molecule has 1 atom stereocenters. The number of carbonyl (C=O) groups is 1. The minimum atomic E-state index is -0.266. The predicted octanol–water partition coefficient (Wildman–Crippen LogP) is 3.58. The minimum absolute atomic E-state index is 0.0326. The fraction of sp³-hybridized carbons (Fsp3) is 0.417. The Balaban J connectivity index is 2.81. The van der Waals surface area contributed by atoms with Gasteiger partial charge in [0.1, 0.15) is 0 Å². The van der Waals surface area contributed by atoms with Crippen LogP contribution in [0.3, 0.4) is 0 Å². The molecule has 0 aliphatic heterocycles. The molecule has 1 aromatic rings. The molecule has 0 radical (unpaired) electrons. The van der Waals surface area contributed by atoms with E-state index in [0.717, 1.165) is 3.57 Å². The van der Waals surface area contributed by atoms with Gasteiger partial charge in [-0.15, -0.1) is 0 Å². The number of nitrogens with one attached hydrogen (secondary N) is 1. The molecule has 0 bridgehead atoms. The van der Waals surface area contributed by atoms with Gasteiger partial charge in [0.25, 0.3) is 5.91 Å². The van der Waals surface area contributed by atoms with Crippen LogP contribution in [0.2, 0.25) is 0 Å². The summed E-state index contributed by atoms with van der Waals surface area (Å²) in [5.41, 5.74) is 0.436. The van der Waals surface area contributed by atoms with E-state index in [-0.39, 0.29) is 16.3 Å². The summed E-state index contributed by atoms with van der Waals surface area (Å²) < 4.78 is 1.06. The third-order valence-corrected chi connectivity index (χ3v) is 4.33. The van der Waals surface area contributed by atoms with Gasteiger partial charge in [0.2, 0.25) is 0 Å². The van der Waals surface area contributed by atoms with E-state index in [9.17, 15) is 4.79 Å². The Kier molecular flexibility index (Phi) is 4.79. The van der Waals surface area contributed by atoms with Gasteiger partial charge in [0.05, 0.1) is 0 Å². The van der Waals surface area contributed by atoms with Gasteiger partial charge in [0, 0.05) is 19.5 Å². The maximum Gasteiger partial charge on any atom is 0.251 e. The second-order valence-electron chi connectivity index (χ2n) is 4.30. The summed E-state index contributed by atoms with van der Waals surface area (Å²) in [5, 5.41) is 3.01. The highest BCUT2D eigenvalue weighted by Crippen LogP contribution is 2.17. The van der Waals surface area contributed by atoms with Gasteiger partial charge >= 0.3 is 0 Å². The van der Waals surface area contributed by atoms with Crippen molar-refractivity contribution in [3.8, 4) is 0 Å². The maximum atomic E-state index is 12.0. The van der Waals surface area contributed by atoms with Crippen LogP contribution in [0.4, 0.5) is 0 Å². The van der Waals surface area contributed by atoms with Crippen LogP contribution in [-0.2, 0) is 0 Å². The number of carbonyl (C=O) groups excluding carboxylic acids is 1. The summed E-state index contributed by atoms with van der Waals surface area (Å²) in [7, 11) is 0. The van der Waals surface area contributed by atoms with Crippen LogP contribution in [0.5, 0.6) is 0 Å². The number of halogens is 2. The molecule has 0 aliphatic rings. The van der Waals surface area contributed by atoms with Crippen LogP contribution < -0.4 is 5.32 Å². The average molecular weight is 396 g/mol. The van der Waals surface area contributed by atoms with Gasteiger partial charge in [-0.05, 0) is 54.6 Å². The largest absolute Gasteiger partial charge is 0.346 e. The van der Waals surface area contributed by atoms with Crippen molar-refractivity contribution in [1.82, 2.24) is 5.32 Å². The molecule has 0 spiro atoms. The lowest BCUT2D eigenvalue weighted by Gasteiger charge is -2.29. The molecular formula is C12H15BrINO. The third-order valence-electron chi connectivity index (χ3n) is 2.52. The molecule has 0 aromatic heterocycles. The lowest BCUT2D eigenvalue weighted by atomic mass is 10.0. The van der Waals surface area contributed by atoms with Gasteiger partial charge in [-0.25, -0.2) is 0 Å². The van der Waals surface area contributed by atoms with Crippen molar-refractivity contribution < 1.29 is 4.79 Å². The summed E-state index contributed by atoms with van der Waals surface area (Å²) in [6, 6.07) is 7.56. The zero-order valence-electron chi connectivity index (χ0n) is 9.55. The SMILES string of the molecule is CC(Br)C(C)(C)NC(=O)c1cccc(I)c1. The van der Waals surface area contributed by atoms with Crippen LogP contribution >= 0.6 is 38.5 Å². The van der Waals surface area contributed by atoms with Crippen LogP contribution in [0.15, 0.2) is 24.3 Å². The topological polar surface area (TPSA) is 29.1 Å². The molecule has 16 heavy (non-hydrogen) atoms. The average Bonchev–Trinajstić information content (AvgIpc) is 2.16. The monoisotopic (exact) mass is 395 g/mol. The number of hydrogen-bond donors (Lipinski definition) is 1. The van der Waals surface area contributed by atoms with Gasteiger partial charge in [-0.1, -0.05) is 28.9 Å². The second kappa shape index (κ2) is 5.49. The molecule has 1 aromatic carbocycles. The summed E-state index contributed by atoms with van der Waals surface area (Å²) in [6.45, 7) is 6.02. The molecule has 88 valence electrons. The van der Waals surface area contributed by atoms with Crippen molar-refractivity contribution in [3.05, 3.63) is 33.4 Å². The number of alkyl halides is 1. The molecule has 4 heteroatoms. The normalized spacial score (nSPS) is 13.3. The predicted molar refractivity (Wildman–Crippen MR) is 79.1 cm³/mol. The van der Waals surface area contributed by atoms with Crippen LogP contribution in [0.1, 0.15) is 31.1 Å². The standard InChI is InChI=1S/C12H15BrINO/c1-8(13)12(2,3)15-11(16)9-5-4-6-10(14)7-9/h4-8H,1-3H3,(H,15,16). The van der Waals surface area contributed by atoms with E-state index in [4.69, 9.17) is 0 Å². The highest BCUT2D eigenvalue weighted by atomic mass is 127. The first-order chi connectivity index (χ1) is 7.33. The highest BCUT2D eigenvalue weighted by Gasteiger charge is 2.26. The molecule has 1 N–H and O–H groups in total. The van der Waals surface area contributed by atoms with Gasteiger partial charge in [-0.3, -0.25) is 4.79 Å². The van der Waals surface area contributed by atoms with Crippen molar-refractivity contribution in [2.45, 2.75) is 31.1 Å². The Morgan fingerprint density at radius 2 is 2.12 bits per heavy atom. The molecule has 2 nitrogen and oxygen atoms in total. The smallest absolute Gasteiger partial charge is 0.251 e. The fourth-order valence-electron chi connectivity index (χ4n) is 1.09. The van der Waals surface area contributed by atoms with Gasteiger partial charge in [0.15, 0.2) is 0 Å². The van der Waals surface area contributed by atoms with Crippen LogP contribution in [-0.4, -0.2) is 16.3 Å². The van der Waals surface area contributed by atoms with E-state index in [0.29, 0.717) is 5.56 Å². The van der Waals surface area contributed by atoms with Crippen molar-refractivity contribution in [1.29, 1.82) is 0 Å². The molecule has 0 fully saturated rings. The van der Waals surface area contributed by atoms with Crippen molar-refractivity contribution in [2.24, 2.45) is 0 Å². The molecule has 0 aliphatic carbocycles. The molecule has 0 saturated carbocycles. The van der Waals surface area contributed by atoms with E-state index >= 15 is 0 Å². The molecular weight excluding hydrogens is 381 g/mol. The Hall–Kier alpha value is -0.100. The third kappa shape index (κ3) is 3.73. The van der Waals surface area contributed by atoms with E-state index in [1.54, 1.807) is 0 Å². The first-order valence-electron chi connectivity index (χ1n) is 5.05. The molecule has 1 rings (SSSR count). The van der Waals surface area contributed by atoms with Crippen molar-refractivity contribution >= 4 is 44.4 Å². The maximum absolute atomic E-state index is 12.0. The Bertz CT molecular complexity index is 390. The fourth-order valence-corrected chi connectivity index (χ4v) is 1.75.